The second-order valence-electron chi connectivity index (χ2n) is 6.10. The Hall–Kier alpha value is -2.50. The molecule has 0 bridgehead atoms. The highest BCUT2D eigenvalue weighted by atomic mass is 19.1. The predicted octanol–water partition coefficient (Wildman–Crippen LogP) is 2.25. The van der Waals surface area contributed by atoms with Gasteiger partial charge in [0, 0.05) is 37.3 Å². The van der Waals surface area contributed by atoms with Crippen LogP contribution in [0, 0.1) is 5.82 Å². The van der Waals surface area contributed by atoms with Crippen LogP contribution in [0.3, 0.4) is 0 Å². The molecule has 1 N–H and O–H groups in total. The predicted molar refractivity (Wildman–Crippen MR) is 88.1 cm³/mol. The summed E-state index contributed by atoms with van der Waals surface area (Å²) in [6, 6.07) is 8.34. The van der Waals surface area contributed by atoms with Crippen LogP contribution >= 0.6 is 0 Å². The van der Waals surface area contributed by atoms with Gasteiger partial charge in [0.2, 0.25) is 5.91 Å². The topological polar surface area (TPSA) is 66.1 Å². The Morgan fingerprint density at radius 1 is 1.33 bits per heavy atom. The van der Waals surface area contributed by atoms with Crippen molar-refractivity contribution in [2.75, 3.05) is 13.1 Å². The number of hydrogen-bond donors (Lipinski definition) is 1. The molecule has 5 nitrogen and oxygen atoms in total. The van der Waals surface area contributed by atoms with Gasteiger partial charge in [0.15, 0.2) is 0 Å². The molecule has 1 aromatic carbocycles. The van der Waals surface area contributed by atoms with E-state index in [0.29, 0.717) is 31.5 Å². The van der Waals surface area contributed by atoms with E-state index < -0.39 is 0 Å². The van der Waals surface area contributed by atoms with Gasteiger partial charge >= 0.3 is 5.69 Å². The molecule has 0 radical (unpaired) electrons. The van der Waals surface area contributed by atoms with Crippen molar-refractivity contribution in [3.8, 4) is 0 Å². The van der Waals surface area contributed by atoms with Crippen molar-refractivity contribution in [1.82, 2.24) is 14.9 Å². The lowest BCUT2D eigenvalue weighted by atomic mass is 9.94. The number of aromatic amines is 1. The third-order valence-electron chi connectivity index (χ3n) is 4.48. The number of nitrogens with one attached hydrogen (secondary N) is 1. The van der Waals surface area contributed by atoms with Crippen molar-refractivity contribution in [2.24, 2.45) is 0 Å². The van der Waals surface area contributed by atoms with E-state index in [-0.39, 0.29) is 23.3 Å². The van der Waals surface area contributed by atoms with Crippen molar-refractivity contribution >= 4 is 5.91 Å². The van der Waals surface area contributed by atoms with Crippen LogP contribution in [0.5, 0.6) is 0 Å². The van der Waals surface area contributed by atoms with E-state index in [1.54, 1.807) is 24.3 Å². The zero-order chi connectivity index (χ0) is 16.9. The van der Waals surface area contributed by atoms with Gasteiger partial charge in [0.05, 0.1) is 0 Å². The highest BCUT2D eigenvalue weighted by Crippen LogP contribution is 2.25. The van der Waals surface area contributed by atoms with Crippen LogP contribution in [-0.2, 0) is 11.2 Å². The average molecular weight is 329 g/mol. The van der Waals surface area contributed by atoms with E-state index in [9.17, 15) is 14.0 Å². The average Bonchev–Trinajstić information content (AvgIpc) is 2.61. The Labute approximate surface area is 139 Å². The fourth-order valence-electron chi connectivity index (χ4n) is 3.18. The second kappa shape index (κ2) is 7.38. The van der Waals surface area contributed by atoms with Crippen LogP contribution in [0.25, 0.3) is 0 Å². The van der Waals surface area contributed by atoms with Crippen LogP contribution < -0.4 is 5.69 Å². The quantitative estimate of drug-likeness (QED) is 0.935. The molecule has 3 rings (SSSR count). The van der Waals surface area contributed by atoms with Crippen LogP contribution in [0.15, 0.2) is 41.3 Å². The lowest BCUT2D eigenvalue weighted by Gasteiger charge is -2.32. The Morgan fingerprint density at radius 3 is 2.96 bits per heavy atom. The molecule has 6 heteroatoms. The van der Waals surface area contributed by atoms with E-state index in [2.05, 4.69) is 9.97 Å². The minimum absolute atomic E-state index is 0.0272. The number of rotatable bonds is 4. The first-order chi connectivity index (χ1) is 11.6. The normalized spacial score (nSPS) is 17.7. The van der Waals surface area contributed by atoms with E-state index in [4.69, 9.17) is 0 Å². The van der Waals surface area contributed by atoms with Crippen LogP contribution in [-0.4, -0.2) is 33.9 Å². The van der Waals surface area contributed by atoms with E-state index in [1.807, 2.05) is 4.90 Å². The molecule has 126 valence electrons. The van der Waals surface area contributed by atoms with Crippen molar-refractivity contribution in [1.29, 1.82) is 0 Å². The Morgan fingerprint density at radius 2 is 2.17 bits per heavy atom. The highest BCUT2D eigenvalue weighted by Gasteiger charge is 2.25. The van der Waals surface area contributed by atoms with Gasteiger partial charge in [0.1, 0.15) is 5.82 Å². The zero-order valence-corrected chi connectivity index (χ0v) is 13.4. The first-order valence-corrected chi connectivity index (χ1v) is 8.20. The first kappa shape index (κ1) is 16.4. The van der Waals surface area contributed by atoms with E-state index in [0.717, 1.165) is 18.5 Å². The molecule has 1 saturated heterocycles. The van der Waals surface area contributed by atoms with Crippen LogP contribution in [0.4, 0.5) is 4.39 Å². The van der Waals surface area contributed by atoms with Gasteiger partial charge in [-0.3, -0.25) is 4.79 Å². The smallest absolute Gasteiger partial charge is 0.342 e. The first-order valence-electron chi connectivity index (χ1n) is 8.20. The maximum absolute atomic E-state index is 13.6. The maximum atomic E-state index is 13.6. The van der Waals surface area contributed by atoms with Crippen molar-refractivity contribution in [2.45, 2.75) is 31.6 Å². The number of piperidine rings is 1. The molecule has 2 aromatic rings. The van der Waals surface area contributed by atoms with Gasteiger partial charge in [0.25, 0.3) is 0 Å². The number of halogens is 1. The summed E-state index contributed by atoms with van der Waals surface area (Å²) >= 11 is 0. The molecule has 0 spiro atoms. The minimum atomic E-state index is -0.365. The Balaban J connectivity index is 1.61. The summed E-state index contributed by atoms with van der Waals surface area (Å²) in [5.41, 5.74) is 1.02. The van der Waals surface area contributed by atoms with Crippen molar-refractivity contribution in [3.63, 3.8) is 0 Å². The van der Waals surface area contributed by atoms with Gasteiger partial charge in [-0.25, -0.2) is 14.2 Å². The number of amides is 1. The molecule has 1 atom stereocenters. The van der Waals surface area contributed by atoms with E-state index >= 15 is 0 Å². The van der Waals surface area contributed by atoms with Gasteiger partial charge in [-0.05, 0) is 37.0 Å². The molecule has 0 aliphatic carbocycles. The number of nitrogens with zero attached hydrogens (tertiary/aromatic N) is 2. The fourth-order valence-corrected chi connectivity index (χ4v) is 3.18. The number of aryl methyl sites for hydroxylation is 1. The summed E-state index contributed by atoms with van der Waals surface area (Å²) in [4.78, 5) is 32.0. The molecule has 2 heterocycles. The standard InChI is InChI=1S/C18H20FN3O2/c19-15-6-2-1-4-13(15)7-8-17(23)22-11-3-5-14(12-22)16-9-10-20-18(24)21-16/h1-2,4,6,9-10,14H,3,5,7-8,11-12H2,(H,20,21,24). The number of carbonyl (C=O) groups excluding carboxylic acids is 1. The Bertz CT molecular complexity index is 775. The summed E-state index contributed by atoms with van der Waals surface area (Å²) in [7, 11) is 0. The fraction of sp³-hybridized carbons (Fsp3) is 0.389. The SMILES string of the molecule is O=C(CCc1ccccc1F)N1CCCC(c2ccnc(=O)[nH]2)C1. The number of hydrogen-bond acceptors (Lipinski definition) is 3. The third-order valence-corrected chi connectivity index (χ3v) is 4.48. The molecule has 1 unspecified atom stereocenters. The molecule has 1 aliphatic heterocycles. The minimum Gasteiger partial charge on any atom is -0.342 e. The number of benzene rings is 1. The maximum Gasteiger partial charge on any atom is 0.345 e. The third kappa shape index (κ3) is 3.88. The monoisotopic (exact) mass is 329 g/mol. The molecule has 24 heavy (non-hydrogen) atoms. The molecule has 1 aromatic heterocycles. The molecule has 1 amide bonds. The summed E-state index contributed by atoms with van der Waals surface area (Å²) < 4.78 is 13.6. The van der Waals surface area contributed by atoms with Crippen LogP contribution in [0.2, 0.25) is 0 Å². The number of H-pyrrole nitrogens is 1. The summed E-state index contributed by atoms with van der Waals surface area (Å²) in [5.74, 6) is -0.123. The number of carbonyl (C=O) groups is 1. The second-order valence-corrected chi connectivity index (χ2v) is 6.10. The van der Waals surface area contributed by atoms with Crippen molar-refractivity contribution < 1.29 is 9.18 Å². The zero-order valence-electron chi connectivity index (χ0n) is 13.4. The molecule has 0 saturated carbocycles. The molecule has 1 fully saturated rings. The lowest BCUT2D eigenvalue weighted by Crippen LogP contribution is -2.39. The van der Waals surface area contributed by atoms with Gasteiger partial charge in [-0.15, -0.1) is 0 Å². The van der Waals surface area contributed by atoms with Gasteiger partial charge in [-0.1, -0.05) is 18.2 Å². The summed E-state index contributed by atoms with van der Waals surface area (Å²) in [6.45, 7) is 1.29. The number of likely N-dealkylation sites (tertiary alicyclic amines) is 1. The van der Waals surface area contributed by atoms with E-state index in [1.165, 1.54) is 12.3 Å². The van der Waals surface area contributed by atoms with Gasteiger partial charge < -0.3 is 9.88 Å². The lowest BCUT2D eigenvalue weighted by molar-refractivity contribution is -0.132. The largest absolute Gasteiger partial charge is 0.345 e. The van der Waals surface area contributed by atoms with Crippen LogP contribution in [0.1, 0.15) is 36.4 Å². The summed E-state index contributed by atoms with van der Waals surface area (Å²) in [6.07, 6.45) is 4.00. The highest BCUT2D eigenvalue weighted by molar-refractivity contribution is 5.76. The molecular formula is C18H20FN3O2. The Kier molecular flexibility index (Phi) is 5.03. The van der Waals surface area contributed by atoms with Crippen molar-refractivity contribution in [3.05, 3.63) is 64.1 Å². The summed E-state index contributed by atoms with van der Waals surface area (Å²) in [5, 5.41) is 0. The van der Waals surface area contributed by atoms with Gasteiger partial charge in [-0.2, -0.15) is 0 Å². The number of aromatic nitrogens is 2. The molecule has 1 aliphatic rings. The molecular weight excluding hydrogens is 309 g/mol.